The summed E-state index contributed by atoms with van der Waals surface area (Å²) in [7, 11) is 0. The Bertz CT molecular complexity index is 975. The minimum absolute atomic E-state index is 0.210. The fraction of sp³-hybridized carbons (Fsp3) is 0.385. The molecule has 0 aliphatic heterocycles. The van der Waals surface area contributed by atoms with Gasteiger partial charge in [0, 0.05) is 17.9 Å². The lowest BCUT2D eigenvalue weighted by atomic mass is 10.1. The molecule has 4 N–H and O–H groups in total. The van der Waals surface area contributed by atoms with Crippen molar-refractivity contribution in [2.75, 3.05) is 36.8 Å². The Labute approximate surface area is 206 Å². The molecule has 0 fully saturated rings. The summed E-state index contributed by atoms with van der Waals surface area (Å²) in [6, 6.07) is 10.7. The van der Waals surface area contributed by atoms with Crippen molar-refractivity contribution in [3.8, 4) is 0 Å². The molecular weight excluding hydrogens is 446 g/mol. The number of rotatable bonds is 10. The first-order valence-corrected chi connectivity index (χ1v) is 11.6. The number of hydrogen-bond donors (Lipinski definition) is 4. The lowest BCUT2D eigenvalue weighted by Gasteiger charge is -2.22. The molecule has 0 aromatic heterocycles. The number of carbonyl (C=O) groups excluding carboxylic acids is 4. The van der Waals surface area contributed by atoms with Gasteiger partial charge in [-0.1, -0.05) is 43.3 Å². The molecule has 0 heterocycles. The molecule has 0 atom stereocenters. The number of amides is 5. The zero-order valence-corrected chi connectivity index (χ0v) is 21.1. The van der Waals surface area contributed by atoms with Crippen molar-refractivity contribution in [1.82, 2.24) is 15.5 Å². The number of hydrogen-bond acceptors (Lipinski definition) is 5. The van der Waals surface area contributed by atoms with Crippen LogP contribution in [0, 0.1) is 27.7 Å². The van der Waals surface area contributed by atoms with E-state index in [2.05, 4.69) is 21.3 Å². The van der Waals surface area contributed by atoms with Crippen LogP contribution in [-0.2, 0) is 14.4 Å². The largest absolute Gasteiger partial charge is 0.338 e. The van der Waals surface area contributed by atoms with Crippen molar-refractivity contribution in [3.63, 3.8) is 0 Å². The van der Waals surface area contributed by atoms with Crippen LogP contribution < -0.4 is 21.3 Å². The standard InChI is InChI=1S/C26H35N5O4/c1-6-13-27-26(35)30-23(34)16-31(14-21(32)28-24-17(2)9-7-10-18(24)3)15-22(33)29-25-19(4)11-8-12-20(25)5/h7-12H,6,13-16H2,1-5H3,(H,28,32)(H,29,33)(H2,27,30,34,35). The minimum atomic E-state index is -0.614. The zero-order chi connectivity index (χ0) is 26.0. The number of aryl methyl sites for hydroxylation is 4. The van der Waals surface area contributed by atoms with Gasteiger partial charge in [-0.15, -0.1) is 0 Å². The summed E-state index contributed by atoms with van der Waals surface area (Å²) in [5.41, 5.74) is 5.01. The van der Waals surface area contributed by atoms with Crippen LogP contribution in [0.15, 0.2) is 36.4 Å². The fourth-order valence-corrected chi connectivity index (χ4v) is 3.61. The molecule has 2 aromatic carbocycles. The van der Waals surface area contributed by atoms with E-state index < -0.39 is 11.9 Å². The molecule has 0 unspecified atom stereocenters. The van der Waals surface area contributed by atoms with Crippen LogP contribution in [0.1, 0.15) is 35.6 Å². The van der Waals surface area contributed by atoms with E-state index in [0.29, 0.717) is 17.9 Å². The van der Waals surface area contributed by atoms with Crippen LogP contribution in [0.3, 0.4) is 0 Å². The predicted molar refractivity (Wildman–Crippen MR) is 137 cm³/mol. The van der Waals surface area contributed by atoms with E-state index in [1.165, 1.54) is 4.90 Å². The van der Waals surface area contributed by atoms with Gasteiger partial charge < -0.3 is 16.0 Å². The normalized spacial score (nSPS) is 10.6. The smallest absolute Gasteiger partial charge is 0.321 e. The first-order chi connectivity index (χ1) is 16.6. The van der Waals surface area contributed by atoms with Gasteiger partial charge >= 0.3 is 6.03 Å². The average Bonchev–Trinajstić information content (AvgIpc) is 2.77. The second-order valence-electron chi connectivity index (χ2n) is 8.58. The third kappa shape index (κ3) is 8.86. The molecule has 5 amide bonds. The van der Waals surface area contributed by atoms with Gasteiger partial charge in [-0.25, -0.2) is 4.79 Å². The maximum absolute atomic E-state index is 12.8. The zero-order valence-electron chi connectivity index (χ0n) is 21.1. The third-order valence-electron chi connectivity index (χ3n) is 5.38. The fourth-order valence-electron chi connectivity index (χ4n) is 3.61. The van der Waals surface area contributed by atoms with Crippen molar-refractivity contribution in [3.05, 3.63) is 58.7 Å². The third-order valence-corrected chi connectivity index (χ3v) is 5.38. The molecule has 2 rings (SSSR count). The lowest BCUT2D eigenvalue weighted by Crippen LogP contribution is -2.48. The molecule has 0 saturated heterocycles. The van der Waals surface area contributed by atoms with Gasteiger partial charge in [0.1, 0.15) is 0 Å². The summed E-state index contributed by atoms with van der Waals surface area (Å²) in [5.74, 6) is -1.35. The highest BCUT2D eigenvalue weighted by atomic mass is 16.2. The van der Waals surface area contributed by atoms with E-state index in [1.54, 1.807) is 0 Å². The molecule has 9 heteroatoms. The highest BCUT2D eigenvalue weighted by molar-refractivity contribution is 5.98. The Morgan fingerprint density at radius 2 is 1.09 bits per heavy atom. The number of para-hydroxylation sites is 2. The van der Waals surface area contributed by atoms with Crippen LogP contribution in [0.5, 0.6) is 0 Å². The second kappa shape index (κ2) is 13.2. The van der Waals surface area contributed by atoms with Gasteiger partial charge in [0.05, 0.1) is 19.6 Å². The number of nitrogens with zero attached hydrogens (tertiary/aromatic N) is 1. The van der Waals surface area contributed by atoms with Crippen LogP contribution in [0.25, 0.3) is 0 Å². The molecule has 0 aliphatic carbocycles. The summed E-state index contributed by atoms with van der Waals surface area (Å²) in [6.45, 7) is 9.16. The Kier molecular flexibility index (Phi) is 10.4. The average molecular weight is 482 g/mol. The Balaban J connectivity index is 2.11. The maximum atomic E-state index is 12.8. The monoisotopic (exact) mass is 481 g/mol. The highest BCUT2D eigenvalue weighted by Gasteiger charge is 2.20. The minimum Gasteiger partial charge on any atom is -0.338 e. The van der Waals surface area contributed by atoms with Crippen molar-refractivity contribution < 1.29 is 19.2 Å². The highest BCUT2D eigenvalue weighted by Crippen LogP contribution is 2.20. The van der Waals surface area contributed by atoms with Crippen LogP contribution in [0.2, 0.25) is 0 Å². The summed E-state index contributed by atoms with van der Waals surface area (Å²) >= 11 is 0. The van der Waals surface area contributed by atoms with E-state index in [9.17, 15) is 19.2 Å². The molecule has 0 radical (unpaired) electrons. The van der Waals surface area contributed by atoms with E-state index in [-0.39, 0.29) is 31.4 Å². The molecule has 0 spiro atoms. The number of urea groups is 1. The lowest BCUT2D eigenvalue weighted by molar-refractivity contribution is -0.124. The van der Waals surface area contributed by atoms with Gasteiger partial charge in [0.2, 0.25) is 17.7 Å². The number of benzene rings is 2. The summed E-state index contributed by atoms with van der Waals surface area (Å²) in [4.78, 5) is 51.3. The molecular formula is C26H35N5O4. The molecule has 0 aliphatic rings. The van der Waals surface area contributed by atoms with Gasteiger partial charge in [0.25, 0.3) is 0 Å². The maximum Gasteiger partial charge on any atom is 0.321 e. The number of imide groups is 1. The first-order valence-electron chi connectivity index (χ1n) is 11.6. The molecule has 0 bridgehead atoms. The van der Waals surface area contributed by atoms with Crippen molar-refractivity contribution in [2.45, 2.75) is 41.0 Å². The van der Waals surface area contributed by atoms with Gasteiger partial charge in [-0.3, -0.25) is 24.6 Å². The van der Waals surface area contributed by atoms with Crippen LogP contribution in [-0.4, -0.2) is 54.8 Å². The van der Waals surface area contributed by atoms with Crippen molar-refractivity contribution >= 4 is 35.1 Å². The second-order valence-corrected chi connectivity index (χ2v) is 8.58. The molecule has 35 heavy (non-hydrogen) atoms. The van der Waals surface area contributed by atoms with E-state index in [1.807, 2.05) is 71.0 Å². The van der Waals surface area contributed by atoms with Gasteiger partial charge in [0.15, 0.2) is 0 Å². The number of nitrogens with one attached hydrogen (secondary N) is 4. The first kappa shape index (κ1) is 27.5. The number of carbonyl (C=O) groups is 4. The Morgan fingerprint density at radius 1 is 0.686 bits per heavy atom. The van der Waals surface area contributed by atoms with Gasteiger partial charge in [-0.2, -0.15) is 0 Å². The molecule has 2 aromatic rings. The SMILES string of the molecule is CCCNC(=O)NC(=O)CN(CC(=O)Nc1c(C)cccc1C)CC(=O)Nc1c(C)cccc1C. The van der Waals surface area contributed by atoms with Crippen LogP contribution in [0.4, 0.5) is 16.2 Å². The number of anilines is 2. The Morgan fingerprint density at radius 3 is 1.49 bits per heavy atom. The van der Waals surface area contributed by atoms with Crippen molar-refractivity contribution in [2.24, 2.45) is 0 Å². The van der Waals surface area contributed by atoms with Crippen molar-refractivity contribution in [1.29, 1.82) is 0 Å². The quantitative estimate of drug-likeness (QED) is 0.416. The molecule has 0 saturated carbocycles. The van der Waals surface area contributed by atoms with E-state index in [0.717, 1.165) is 28.7 Å². The van der Waals surface area contributed by atoms with E-state index in [4.69, 9.17) is 0 Å². The predicted octanol–water partition coefficient (Wildman–Crippen LogP) is 3.04. The summed E-state index contributed by atoms with van der Waals surface area (Å²) < 4.78 is 0. The summed E-state index contributed by atoms with van der Waals surface area (Å²) in [6.07, 6.45) is 0.727. The summed E-state index contributed by atoms with van der Waals surface area (Å²) in [5, 5.41) is 10.5. The van der Waals surface area contributed by atoms with Crippen LogP contribution >= 0.6 is 0 Å². The van der Waals surface area contributed by atoms with E-state index >= 15 is 0 Å². The molecule has 9 nitrogen and oxygen atoms in total. The van der Waals surface area contributed by atoms with Gasteiger partial charge in [-0.05, 0) is 56.4 Å². The molecule has 188 valence electrons. The topological polar surface area (TPSA) is 120 Å². The Hall–Kier alpha value is -3.72.